The van der Waals surface area contributed by atoms with Crippen LogP contribution in [0, 0.1) is 6.92 Å². The quantitative estimate of drug-likeness (QED) is 0.887. The second-order valence-corrected chi connectivity index (χ2v) is 3.98. The summed E-state index contributed by atoms with van der Waals surface area (Å²) in [5, 5.41) is 9.01. The summed E-state index contributed by atoms with van der Waals surface area (Å²) in [6.45, 7) is 1.26. The van der Waals surface area contributed by atoms with Crippen molar-refractivity contribution >= 4 is 0 Å². The first kappa shape index (κ1) is 12.7. The third-order valence-corrected chi connectivity index (χ3v) is 2.53. The Kier molecular flexibility index (Phi) is 3.17. The highest BCUT2D eigenvalue weighted by molar-refractivity contribution is 5.60. The minimum atomic E-state index is -4.44. The Morgan fingerprint density at radius 1 is 1.17 bits per heavy atom. The van der Waals surface area contributed by atoms with Gasteiger partial charge in [-0.15, -0.1) is 0 Å². The molecule has 5 heteroatoms. The molecular formula is C13H11F3O2. The van der Waals surface area contributed by atoms with Gasteiger partial charge in [0.2, 0.25) is 0 Å². The summed E-state index contributed by atoms with van der Waals surface area (Å²) in [4.78, 5) is 0. The molecule has 0 spiro atoms. The average molecular weight is 256 g/mol. The molecule has 2 rings (SSSR count). The van der Waals surface area contributed by atoms with Crippen LogP contribution in [0.15, 0.2) is 34.7 Å². The van der Waals surface area contributed by atoms with E-state index >= 15 is 0 Å². The van der Waals surface area contributed by atoms with Crippen molar-refractivity contribution in [2.45, 2.75) is 19.7 Å². The van der Waals surface area contributed by atoms with Gasteiger partial charge in [0, 0.05) is 5.56 Å². The summed E-state index contributed by atoms with van der Waals surface area (Å²) < 4.78 is 43.4. The zero-order chi connectivity index (χ0) is 13.3. The smallest absolute Gasteiger partial charge is 0.416 e. The molecule has 2 aromatic rings. The van der Waals surface area contributed by atoms with Crippen LogP contribution in [0.1, 0.15) is 16.9 Å². The van der Waals surface area contributed by atoms with E-state index in [1.54, 1.807) is 19.1 Å². The van der Waals surface area contributed by atoms with E-state index in [1.807, 2.05) is 0 Å². The predicted octanol–water partition coefficient (Wildman–Crippen LogP) is 3.77. The minimum absolute atomic E-state index is 0.203. The van der Waals surface area contributed by atoms with E-state index in [2.05, 4.69) is 0 Å². The maximum Gasteiger partial charge on any atom is 0.416 e. The van der Waals surface area contributed by atoms with Gasteiger partial charge in [-0.25, -0.2) is 0 Å². The first-order valence-corrected chi connectivity index (χ1v) is 5.29. The number of furan rings is 1. The van der Waals surface area contributed by atoms with E-state index < -0.39 is 18.3 Å². The molecule has 0 aliphatic carbocycles. The molecule has 0 radical (unpaired) electrons. The van der Waals surface area contributed by atoms with Crippen molar-refractivity contribution in [3.8, 4) is 11.3 Å². The van der Waals surface area contributed by atoms with Gasteiger partial charge in [0.25, 0.3) is 0 Å². The fraction of sp³-hybridized carbons (Fsp3) is 0.231. The largest absolute Gasteiger partial charge is 0.461 e. The van der Waals surface area contributed by atoms with Crippen LogP contribution >= 0.6 is 0 Å². The highest BCUT2D eigenvalue weighted by atomic mass is 19.4. The molecular weight excluding hydrogens is 245 g/mol. The lowest BCUT2D eigenvalue weighted by molar-refractivity contribution is -0.137. The second-order valence-electron chi connectivity index (χ2n) is 3.98. The summed E-state index contributed by atoms with van der Waals surface area (Å²) in [6, 6.07) is 6.70. The third-order valence-electron chi connectivity index (χ3n) is 2.53. The van der Waals surface area contributed by atoms with Crippen molar-refractivity contribution in [1.82, 2.24) is 0 Å². The zero-order valence-corrected chi connectivity index (χ0v) is 9.58. The molecule has 0 aliphatic rings. The predicted molar refractivity (Wildman–Crippen MR) is 59.8 cm³/mol. The number of aliphatic hydroxyl groups excluding tert-OH is 1. The highest BCUT2D eigenvalue weighted by Gasteiger charge is 2.31. The molecule has 0 amide bonds. The van der Waals surface area contributed by atoms with Crippen LogP contribution in [0.25, 0.3) is 11.3 Å². The summed E-state index contributed by atoms with van der Waals surface area (Å²) in [5.41, 5.74) is -0.283. The third kappa shape index (κ3) is 2.56. The molecule has 1 heterocycles. The van der Waals surface area contributed by atoms with Crippen molar-refractivity contribution in [3.05, 3.63) is 47.2 Å². The number of aryl methyl sites for hydroxylation is 1. The van der Waals surface area contributed by atoms with Crippen LogP contribution in [-0.4, -0.2) is 5.11 Å². The summed E-state index contributed by atoms with van der Waals surface area (Å²) in [6.07, 6.45) is -4.44. The number of hydrogen-bond donors (Lipinski definition) is 1. The van der Waals surface area contributed by atoms with E-state index in [0.29, 0.717) is 17.1 Å². The molecule has 0 saturated carbocycles. The number of alkyl halides is 3. The standard InChI is InChI=1S/C13H11F3O2/c1-8-2-3-12(18-8)10-4-9(7-17)5-11(6-10)13(14,15)16/h2-6,17H,7H2,1H3. The summed E-state index contributed by atoms with van der Waals surface area (Å²) in [5.74, 6) is 0.973. The Balaban J connectivity index is 2.54. The molecule has 1 aromatic heterocycles. The number of rotatable bonds is 2. The van der Waals surface area contributed by atoms with Crippen LogP contribution in [0.4, 0.5) is 13.2 Å². The Labute approximate surface area is 102 Å². The van der Waals surface area contributed by atoms with Crippen molar-refractivity contribution < 1.29 is 22.7 Å². The van der Waals surface area contributed by atoms with E-state index in [0.717, 1.165) is 12.1 Å². The van der Waals surface area contributed by atoms with Gasteiger partial charge in [-0.3, -0.25) is 0 Å². The molecule has 0 unspecified atom stereocenters. The van der Waals surface area contributed by atoms with Crippen molar-refractivity contribution in [2.24, 2.45) is 0 Å². The molecule has 1 N–H and O–H groups in total. The maximum atomic E-state index is 12.7. The number of hydrogen-bond acceptors (Lipinski definition) is 2. The van der Waals surface area contributed by atoms with E-state index in [9.17, 15) is 13.2 Å². The van der Waals surface area contributed by atoms with Gasteiger partial charge in [0.1, 0.15) is 11.5 Å². The molecule has 0 fully saturated rings. The molecule has 18 heavy (non-hydrogen) atoms. The molecule has 0 saturated heterocycles. The van der Waals surface area contributed by atoms with Crippen LogP contribution in [0.3, 0.4) is 0 Å². The van der Waals surface area contributed by atoms with Gasteiger partial charge in [0.15, 0.2) is 0 Å². The first-order chi connectivity index (χ1) is 8.40. The SMILES string of the molecule is Cc1ccc(-c2cc(CO)cc(C(F)(F)F)c2)o1. The number of aliphatic hydroxyl groups is 1. The van der Waals surface area contributed by atoms with Crippen LogP contribution in [0.5, 0.6) is 0 Å². The van der Waals surface area contributed by atoms with Gasteiger partial charge in [-0.1, -0.05) is 0 Å². The van der Waals surface area contributed by atoms with Crippen molar-refractivity contribution in [1.29, 1.82) is 0 Å². The van der Waals surface area contributed by atoms with E-state index in [4.69, 9.17) is 9.52 Å². The topological polar surface area (TPSA) is 33.4 Å². The summed E-state index contributed by atoms with van der Waals surface area (Å²) in [7, 11) is 0. The van der Waals surface area contributed by atoms with Gasteiger partial charge in [-0.05, 0) is 42.8 Å². The fourth-order valence-corrected chi connectivity index (χ4v) is 1.68. The van der Waals surface area contributed by atoms with Crippen LogP contribution < -0.4 is 0 Å². The molecule has 1 aromatic carbocycles. The van der Waals surface area contributed by atoms with Gasteiger partial charge in [-0.2, -0.15) is 13.2 Å². The fourth-order valence-electron chi connectivity index (χ4n) is 1.68. The minimum Gasteiger partial charge on any atom is -0.461 e. The summed E-state index contributed by atoms with van der Waals surface area (Å²) >= 11 is 0. The second kappa shape index (κ2) is 4.49. The number of benzene rings is 1. The maximum absolute atomic E-state index is 12.7. The molecule has 0 aliphatic heterocycles. The van der Waals surface area contributed by atoms with E-state index in [-0.39, 0.29) is 5.56 Å². The monoisotopic (exact) mass is 256 g/mol. The lowest BCUT2D eigenvalue weighted by Gasteiger charge is -2.10. The number of halogens is 3. The zero-order valence-electron chi connectivity index (χ0n) is 9.58. The van der Waals surface area contributed by atoms with Crippen molar-refractivity contribution in [2.75, 3.05) is 0 Å². The van der Waals surface area contributed by atoms with Gasteiger partial charge in [0.05, 0.1) is 12.2 Å². The van der Waals surface area contributed by atoms with Crippen molar-refractivity contribution in [3.63, 3.8) is 0 Å². The highest BCUT2D eigenvalue weighted by Crippen LogP contribution is 2.34. The Morgan fingerprint density at radius 2 is 1.89 bits per heavy atom. The van der Waals surface area contributed by atoms with Gasteiger partial charge < -0.3 is 9.52 Å². The Bertz CT molecular complexity index is 556. The lowest BCUT2D eigenvalue weighted by atomic mass is 10.0. The van der Waals surface area contributed by atoms with E-state index in [1.165, 1.54) is 6.07 Å². The first-order valence-electron chi connectivity index (χ1n) is 5.29. The molecule has 2 nitrogen and oxygen atoms in total. The molecule has 0 bridgehead atoms. The molecule has 0 atom stereocenters. The average Bonchev–Trinajstić information content (AvgIpc) is 2.74. The Morgan fingerprint density at radius 3 is 2.39 bits per heavy atom. The Hall–Kier alpha value is -1.75. The van der Waals surface area contributed by atoms with Gasteiger partial charge >= 0.3 is 6.18 Å². The van der Waals surface area contributed by atoms with Crippen LogP contribution in [-0.2, 0) is 12.8 Å². The lowest BCUT2D eigenvalue weighted by Crippen LogP contribution is -2.06. The van der Waals surface area contributed by atoms with Crippen LogP contribution in [0.2, 0.25) is 0 Å². The normalized spacial score (nSPS) is 11.8. The molecule has 96 valence electrons.